The van der Waals surface area contributed by atoms with Gasteiger partial charge in [-0.05, 0) is 38.3 Å². The van der Waals surface area contributed by atoms with Crippen LogP contribution in [0, 0.1) is 0 Å². The van der Waals surface area contributed by atoms with E-state index in [0.717, 1.165) is 5.57 Å². The zero-order chi connectivity index (χ0) is 19.3. The van der Waals surface area contributed by atoms with Crippen LogP contribution in [0.4, 0.5) is 0 Å². The molecule has 0 saturated carbocycles. The van der Waals surface area contributed by atoms with Crippen LogP contribution in [0.1, 0.15) is 50.8 Å². The Morgan fingerprint density at radius 3 is 2.48 bits per heavy atom. The lowest BCUT2D eigenvalue weighted by Crippen LogP contribution is -2.22. The molecule has 3 atom stereocenters. The Bertz CT molecular complexity index is 885. The molecule has 2 saturated heterocycles. The molecule has 1 aromatic rings. The Morgan fingerprint density at radius 1 is 1.15 bits per heavy atom. The first-order valence-corrected chi connectivity index (χ1v) is 8.89. The minimum atomic E-state index is -0.930. The lowest BCUT2D eigenvalue weighted by Gasteiger charge is -2.22. The largest absolute Gasteiger partial charge is 0.452 e. The Kier molecular flexibility index (Phi) is 4.07. The van der Waals surface area contributed by atoms with Crippen molar-refractivity contribution in [3.8, 4) is 11.5 Å². The highest BCUT2D eigenvalue weighted by atomic mass is 16.7. The number of fused-ring (bicyclic) bond motifs is 2. The summed E-state index contributed by atoms with van der Waals surface area (Å²) in [5.41, 5.74) is 1.30. The van der Waals surface area contributed by atoms with E-state index in [4.69, 9.17) is 18.9 Å². The van der Waals surface area contributed by atoms with Crippen LogP contribution in [0.15, 0.2) is 23.8 Å². The normalized spacial score (nSPS) is 30.2. The van der Waals surface area contributed by atoms with Gasteiger partial charge in [-0.1, -0.05) is 11.6 Å². The molecule has 1 aliphatic carbocycles. The van der Waals surface area contributed by atoms with Crippen molar-refractivity contribution in [1.29, 1.82) is 0 Å². The lowest BCUT2D eigenvalue weighted by atomic mass is 9.88. The minimum absolute atomic E-state index is 0.283. The van der Waals surface area contributed by atoms with Gasteiger partial charge in [-0.15, -0.1) is 0 Å². The third-order valence-corrected chi connectivity index (χ3v) is 5.12. The van der Waals surface area contributed by atoms with Gasteiger partial charge in [0.2, 0.25) is 0 Å². The number of carbonyl (C=O) groups excluding carboxylic acids is 3. The van der Waals surface area contributed by atoms with Crippen molar-refractivity contribution in [1.82, 2.24) is 0 Å². The molecule has 2 fully saturated rings. The highest BCUT2D eigenvalue weighted by molar-refractivity contribution is 5.87. The van der Waals surface area contributed by atoms with Crippen molar-refractivity contribution in [2.45, 2.75) is 57.8 Å². The van der Waals surface area contributed by atoms with Gasteiger partial charge in [-0.25, -0.2) is 4.79 Å². The molecule has 2 bridgehead atoms. The number of benzene rings is 1. The monoisotopic (exact) mass is 372 g/mol. The van der Waals surface area contributed by atoms with Crippen LogP contribution in [0.5, 0.6) is 11.5 Å². The summed E-state index contributed by atoms with van der Waals surface area (Å²) in [4.78, 5) is 35.7. The fourth-order valence-corrected chi connectivity index (χ4v) is 3.95. The van der Waals surface area contributed by atoms with Crippen molar-refractivity contribution in [2.24, 2.45) is 0 Å². The summed E-state index contributed by atoms with van der Waals surface area (Å²) in [5, 5.41) is 0. The standard InChI is InChI=1S/C20H20O7/c1-10-5-4-8-20-18(27-20)17(26-19(20)23)16-13(9-10)14(24-11(2)21)6-7-15(16)25-12(3)22/h5-7,17-18H,4,8-9H2,1-3H3/b10-5+/t17-,18-,20-/m0/s1. The number of hydrogen-bond acceptors (Lipinski definition) is 7. The molecule has 0 N–H and O–H groups in total. The van der Waals surface area contributed by atoms with E-state index in [-0.39, 0.29) is 5.75 Å². The summed E-state index contributed by atoms with van der Waals surface area (Å²) < 4.78 is 22.2. The Morgan fingerprint density at radius 2 is 1.81 bits per heavy atom. The first kappa shape index (κ1) is 17.7. The first-order valence-electron chi connectivity index (χ1n) is 8.89. The Balaban J connectivity index is 1.91. The van der Waals surface area contributed by atoms with Crippen LogP contribution in [-0.2, 0) is 30.3 Å². The molecule has 27 heavy (non-hydrogen) atoms. The van der Waals surface area contributed by atoms with Gasteiger partial charge in [0.05, 0.1) is 0 Å². The predicted molar refractivity (Wildman–Crippen MR) is 92.2 cm³/mol. The Labute approximate surface area is 156 Å². The van der Waals surface area contributed by atoms with Gasteiger partial charge in [0, 0.05) is 25.0 Å². The van der Waals surface area contributed by atoms with Crippen molar-refractivity contribution >= 4 is 17.9 Å². The molecule has 2 aliphatic heterocycles. The van der Waals surface area contributed by atoms with Crippen LogP contribution in [0.25, 0.3) is 0 Å². The number of carbonyl (C=O) groups is 3. The van der Waals surface area contributed by atoms with Crippen LogP contribution in [-0.4, -0.2) is 29.6 Å². The molecule has 142 valence electrons. The molecule has 0 unspecified atom stereocenters. The number of rotatable bonds is 2. The van der Waals surface area contributed by atoms with Crippen LogP contribution < -0.4 is 9.47 Å². The van der Waals surface area contributed by atoms with Crippen molar-refractivity contribution < 1.29 is 33.3 Å². The van der Waals surface area contributed by atoms with Crippen LogP contribution in [0.3, 0.4) is 0 Å². The highest BCUT2D eigenvalue weighted by Gasteiger charge is 2.73. The minimum Gasteiger partial charge on any atom is -0.452 e. The quantitative estimate of drug-likeness (QED) is 0.341. The molecule has 7 heteroatoms. The second-order valence-electron chi connectivity index (χ2n) is 7.16. The molecule has 0 amide bonds. The van der Waals surface area contributed by atoms with Gasteiger partial charge in [0.1, 0.15) is 17.6 Å². The number of epoxide rings is 1. The maximum Gasteiger partial charge on any atom is 0.342 e. The van der Waals surface area contributed by atoms with E-state index in [1.807, 2.05) is 13.0 Å². The second kappa shape index (κ2) is 6.20. The lowest BCUT2D eigenvalue weighted by molar-refractivity contribution is -0.154. The van der Waals surface area contributed by atoms with E-state index < -0.39 is 35.7 Å². The van der Waals surface area contributed by atoms with E-state index >= 15 is 0 Å². The topological polar surface area (TPSA) is 91.4 Å². The predicted octanol–water partition coefficient (Wildman–Crippen LogP) is 2.56. The molecule has 1 aromatic carbocycles. The van der Waals surface area contributed by atoms with Crippen LogP contribution >= 0.6 is 0 Å². The van der Waals surface area contributed by atoms with Crippen LogP contribution in [0.2, 0.25) is 0 Å². The fourth-order valence-electron chi connectivity index (χ4n) is 3.95. The summed E-state index contributed by atoms with van der Waals surface area (Å²) in [7, 11) is 0. The molecule has 7 nitrogen and oxygen atoms in total. The van der Waals surface area contributed by atoms with Crippen molar-refractivity contribution in [2.75, 3.05) is 0 Å². The molecular weight excluding hydrogens is 352 g/mol. The average Bonchev–Trinajstić information content (AvgIpc) is 3.24. The molecule has 2 heterocycles. The van der Waals surface area contributed by atoms with E-state index in [1.165, 1.54) is 13.8 Å². The van der Waals surface area contributed by atoms with Gasteiger partial charge < -0.3 is 18.9 Å². The summed E-state index contributed by atoms with van der Waals surface area (Å²) in [6, 6.07) is 3.15. The van der Waals surface area contributed by atoms with E-state index in [2.05, 4.69) is 0 Å². The third-order valence-electron chi connectivity index (χ3n) is 5.12. The van der Waals surface area contributed by atoms with E-state index in [1.54, 1.807) is 12.1 Å². The maximum atomic E-state index is 12.5. The van der Waals surface area contributed by atoms with Gasteiger partial charge in [-0.3, -0.25) is 9.59 Å². The summed E-state index contributed by atoms with van der Waals surface area (Å²) in [5.74, 6) is -0.712. The molecule has 4 rings (SSSR count). The summed E-state index contributed by atoms with van der Waals surface area (Å²) in [6.45, 7) is 4.59. The first-order chi connectivity index (χ1) is 12.8. The van der Waals surface area contributed by atoms with Crippen molar-refractivity contribution in [3.05, 3.63) is 34.9 Å². The number of hydrogen-bond donors (Lipinski definition) is 0. The Hall–Kier alpha value is -2.67. The van der Waals surface area contributed by atoms with E-state index in [9.17, 15) is 14.4 Å². The van der Waals surface area contributed by atoms with Crippen molar-refractivity contribution in [3.63, 3.8) is 0 Å². The third kappa shape index (κ3) is 2.92. The molecule has 0 radical (unpaired) electrons. The smallest absolute Gasteiger partial charge is 0.342 e. The molecule has 0 aromatic heterocycles. The van der Waals surface area contributed by atoms with E-state index in [0.29, 0.717) is 36.1 Å². The van der Waals surface area contributed by atoms with Gasteiger partial charge in [-0.2, -0.15) is 0 Å². The van der Waals surface area contributed by atoms with Gasteiger partial charge in [0.25, 0.3) is 0 Å². The summed E-state index contributed by atoms with van der Waals surface area (Å²) in [6.07, 6.45) is 2.61. The second-order valence-corrected chi connectivity index (χ2v) is 7.16. The maximum absolute atomic E-state index is 12.5. The SMILES string of the molecule is CC(=O)Oc1ccc(OC(C)=O)c2c1C/C(C)=C/CC[C@]13O[C@H]1[C@H]2OC3=O. The molecule has 0 spiro atoms. The molecule has 3 aliphatic rings. The summed E-state index contributed by atoms with van der Waals surface area (Å²) >= 11 is 0. The highest BCUT2D eigenvalue weighted by Crippen LogP contribution is 2.58. The van der Waals surface area contributed by atoms with Gasteiger partial charge >= 0.3 is 17.9 Å². The van der Waals surface area contributed by atoms with Gasteiger partial charge in [0.15, 0.2) is 11.7 Å². The zero-order valence-corrected chi connectivity index (χ0v) is 15.4. The number of ether oxygens (including phenoxy) is 4. The average molecular weight is 372 g/mol. The fraction of sp³-hybridized carbons (Fsp3) is 0.450. The number of esters is 3. The molecular formula is C20H20O7. The zero-order valence-electron chi connectivity index (χ0n) is 15.4. The number of allylic oxidation sites excluding steroid dienone is 2.